The first-order chi connectivity index (χ1) is 12.8. The lowest BCUT2D eigenvalue weighted by atomic mass is 9.83. The Balaban J connectivity index is 1.81. The summed E-state index contributed by atoms with van der Waals surface area (Å²) in [5.74, 6) is -0.217. The van der Waals surface area contributed by atoms with Gasteiger partial charge in [-0.2, -0.15) is 5.10 Å². The summed E-state index contributed by atoms with van der Waals surface area (Å²) >= 11 is 0. The zero-order valence-corrected chi connectivity index (χ0v) is 15.7. The number of amides is 2. The van der Waals surface area contributed by atoms with Gasteiger partial charge in [0.25, 0.3) is 0 Å². The van der Waals surface area contributed by atoms with Crippen LogP contribution in [0.25, 0.3) is 0 Å². The summed E-state index contributed by atoms with van der Waals surface area (Å²) in [6, 6.07) is 15.0. The quantitative estimate of drug-likeness (QED) is 0.728. The second kappa shape index (κ2) is 7.23. The van der Waals surface area contributed by atoms with Gasteiger partial charge in [0.15, 0.2) is 0 Å². The average molecular weight is 364 g/mol. The van der Waals surface area contributed by atoms with E-state index in [2.05, 4.69) is 15.8 Å². The van der Waals surface area contributed by atoms with Crippen molar-refractivity contribution >= 4 is 28.9 Å². The van der Waals surface area contributed by atoms with Crippen LogP contribution in [0.15, 0.2) is 53.6 Å². The molecule has 1 atom stereocenters. The number of nitrogens with one attached hydrogen (secondary N) is 2. The largest absolute Gasteiger partial charge is 0.397 e. The van der Waals surface area contributed by atoms with Gasteiger partial charge in [-0.1, -0.05) is 43.3 Å². The highest BCUT2D eigenvalue weighted by molar-refractivity contribution is 6.07. The molecule has 0 saturated heterocycles. The normalized spacial score (nSPS) is 17.1. The molecule has 6 heteroatoms. The molecular weight excluding hydrogens is 340 g/mol. The van der Waals surface area contributed by atoms with E-state index in [4.69, 9.17) is 5.73 Å². The van der Waals surface area contributed by atoms with Crippen LogP contribution in [0.3, 0.4) is 0 Å². The van der Waals surface area contributed by atoms with E-state index in [9.17, 15) is 9.59 Å². The van der Waals surface area contributed by atoms with Gasteiger partial charge in [-0.25, -0.2) is 5.43 Å². The monoisotopic (exact) mass is 364 g/mol. The Kier molecular flexibility index (Phi) is 4.99. The minimum atomic E-state index is -0.696. The van der Waals surface area contributed by atoms with Gasteiger partial charge in [-0.3, -0.25) is 9.59 Å². The fourth-order valence-corrected chi connectivity index (χ4v) is 3.10. The van der Waals surface area contributed by atoms with E-state index in [1.807, 2.05) is 57.2 Å². The maximum atomic E-state index is 12.8. The van der Waals surface area contributed by atoms with Crippen molar-refractivity contribution in [3.05, 3.63) is 59.7 Å². The topological polar surface area (TPSA) is 96.6 Å². The number of rotatable bonds is 4. The standard InChI is InChI=1S/C21H24N4O2/c1-13-11-18(26)24-25-19(13)14-9-10-17(16(22)12-14)23-20(27)21(2,3)15-7-5-4-6-8-15/h4-10,12-13H,11,22H2,1-3H3,(H,23,27)(H,24,26). The molecule has 27 heavy (non-hydrogen) atoms. The fraction of sp³-hybridized carbons (Fsp3) is 0.286. The van der Waals surface area contributed by atoms with Crippen molar-refractivity contribution in [3.8, 4) is 0 Å². The number of carbonyl (C=O) groups is 2. The highest BCUT2D eigenvalue weighted by atomic mass is 16.2. The molecule has 0 aliphatic carbocycles. The minimum Gasteiger partial charge on any atom is -0.397 e. The number of nitrogens with zero attached hydrogens (tertiary/aromatic N) is 1. The van der Waals surface area contributed by atoms with Crippen molar-refractivity contribution in [2.24, 2.45) is 11.0 Å². The zero-order valence-electron chi connectivity index (χ0n) is 15.7. The lowest BCUT2D eigenvalue weighted by Gasteiger charge is -2.25. The molecule has 0 bridgehead atoms. The maximum Gasteiger partial charge on any atom is 0.240 e. The molecule has 3 rings (SSSR count). The first kappa shape index (κ1) is 18.6. The second-order valence-electron chi connectivity index (χ2n) is 7.38. The molecule has 1 heterocycles. The van der Waals surface area contributed by atoms with E-state index in [0.717, 1.165) is 16.8 Å². The number of benzene rings is 2. The molecule has 2 aromatic rings. The van der Waals surface area contributed by atoms with Gasteiger partial charge >= 0.3 is 0 Å². The number of hydrogen-bond donors (Lipinski definition) is 3. The number of carbonyl (C=O) groups excluding carboxylic acids is 2. The smallest absolute Gasteiger partial charge is 0.240 e. The number of nitrogen functional groups attached to an aromatic ring is 1. The third kappa shape index (κ3) is 3.84. The molecule has 1 aliphatic heterocycles. The Morgan fingerprint density at radius 1 is 1.22 bits per heavy atom. The molecule has 2 aromatic carbocycles. The first-order valence-electron chi connectivity index (χ1n) is 8.92. The van der Waals surface area contributed by atoms with E-state index in [-0.39, 0.29) is 17.7 Å². The van der Waals surface area contributed by atoms with Crippen molar-refractivity contribution < 1.29 is 9.59 Å². The van der Waals surface area contributed by atoms with Crippen molar-refractivity contribution in [2.75, 3.05) is 11.1 Å². The third-order valence-electron chi connectivity index (χ3n) is 4.92. The molecule has 0 radical (unpaired) electrons. The van der Waals surface area contributed by atoms with E-state index >= 15 is 0 Å². The molecule has 0 spiro atoms. The van der Waals surface area contributed by atoms with Crippen LogP contribution >= 0.6 is 0 Å². The van der Waals surface area contributed by atoms with Crippen LogP contribution in [0.1, 0.15) is 38.3 Å². The number of anilines is 2. The molecule has 1 aliphatic rings. The Bertz CT molecular complexity index is 904. The lowest BCUT2D eigenvalue weighted by Crippen LogP contribution is -2.35. The zero-order chi connectivity index (χ0) is 19.6. The van der Waals surface area contributed by atoms with E-state index in [1.54, 1.807) is 12.1 Å². The Morgan fingerprint density at radius 3 is 2.56 bits per heavy atom. The SMILES string of the molecule is CC1CC(=O)NN=C1c1ccc(NC(=O)C(C)(C)c2ccccc2)c(N)c1. The summed E-state index contributed by atoms with van der Waals surface area (Å²) in [5.41, 5.74) is 11.5. The molecule has 0 fully saturated rings. The van der Waals surface area contributed by atoms with Crippen molar-refractivity contribution in [1.29, 1.82) is 0 Å². The van der Waals surface area contributed by atoms with Gasteiger partial charge < -0.3 is 11.1 Å². The molecule has 6 nitrogen and oxygen atoms in total. The van der Waals surface area contributed by atoms with Gasteiger partial charge in [0, 0.05) is 17.9 Å². The summed E-state index contributed by atoms with van der Waals surface area (Å²) in [4.78, 5) is 24.2. The van der Waals surface area contributed by atoms with Crippen LogP contribution in [0, 0.1) is 5.92 Å². The van der Waals surface area contributed by atoms with Crippen LogP contribution in [-0.2, 0) is 15.0 Å². The number of hydrazone groups is 1. The average Bonchev–Trinajstić information content (AvgIpc) is 2.64. The summed E-state index contributed by atoms with van der Waals surface area (Å²) in [6.07, 6.45) is 0.391. The van der Waals surface area contributed by atoms with E-state index in [0.29, 0.717) is 17.8 Å². The Labute approximate surface area is 158 Å². The Hall–Kier alpha value is -3.15. The van der Waals surface area contributed by atoms with Crippen LogP contribution in [0.2, 0.25) is 0 Å². The van der Waals surface area contributed by atoms with Gasteiger partial charge in [0.05, 0.1) is 22.5 Å². The van der Waals surface area contributed by atoms with Gasteiger partial charge in [0.2, 0.25) is 11.8 Å². The van der Waals surface area contributed by atoms with Gasteiger partial charge in [-0.15, -0.1) is 0 Å². The predicted octanol–water partition coefficient (Wildman–Crippen LogP) is 3.05. The third-order valence-corrected chi connectivity index (χ3v) is 4.92. The Morgan fingerprint density at radius 2 is 1.93 bits per heavy atom. The summed E-state index contributed by atoms with van der Waals surface area (Å²) in [5, 5.41) is 7.07. The molecule has 0 aromatic heterocycles. The molecule has 140 valence electrons. The van der Waals surface area contributed by atoms with E-state index in [1.165, 1.54) is 0 Å². The number of hydrogen-bond acceptors (Lipinski definition) is 4. The molecular formula is C21H24N4O2. The summed E-state index contributed by atoms with van der Waals surface area (Å²) in [7, 11) is 0. The lowest BCUT2D eigenvalue weighted by molar-refractivity contribution is -0.122. The molecule has 4 N–H and O–H groups in total. The van der Waals surface area contributed by atoms with Crippen molar-refractivity contribution in [3.63, 3.8) is 0 Å². The molecule has 2 amide bonds. The second-order valence-corrected chi connectivity index (χ2v) is 7.38. The van der Waals surface area contributed by atoms with Crippen LogP contribution in [-0.4, -0.2) is 17.5 Å². The van der Waals surface area contributed by atoms with Crippen LogP contribution < -0.4 is 16.5 Å². The molecule has 0 saturated carbocycles. The van der Waals surface area contributed by atoms with Gasteiger partial charge in [-0.05, 0) is 31.5 Å². The van der Waals surface area contributed by atoms with E-state index < -0.39 is 5.41 Å². The van der Waals surface area contributed by atoms with Crippen LogP contribution in [0.4, 0.5) is 11.4 Å². The van der Waals surface area contributed by atoms with Crippen molar-refractivity contribution in [1.82, 2.24) is 5.43 Å². The minimum absolute atomic E-state index is 0.00982. The van der Waals surface area contributed by atoms with Crippen molar-refractivity contribution in [2.45, 2.75) is 32.6 Å². The maximum absolute atomic E-state index is 12.8. The fourth-order valence-electron chi connectivity index (χ4n) is 3.10. The van der Waals surface area contributed by atoms with Crippen LogP contribution in [0.5, 0.6) is 0 Å². The van der Waals surface area contributed by atoms with Gasteiger partial charge in [0.1, 0.15) is 0 Å². The molecule has 1 unspecified atom stereocenters. The first-order valence-corrected chi connectivity index (χ1v) is 8.92. The number of nitrogens with two attached hydrogens (primary N) is 1. The summed E-state index contributed by atoms with van der Waals surface area (Å²) in [6.45, 7) is 5.71. The summed E-state index contributed by atoms with van der Waals surface area (Å²) < 4.78 is 0. The highest BCUT2D eigenvalue weighted by Crippen LogP contribution is 2.28. The highest BCUT2D eigenvalue weighted by Gasteiger charge is 2.30. The predicted molar refractivity (Wildman–Crippen MR) is 107 cm³/mol.